The van der Waals surface area contributed by atoms with E-state index in [1.165, 1.54) is 9.13 Å². The fourth-order valence-corrected chi connectivity index (χ4v) is 2.97. The normalized spacial score (nSPS) is 11.2. The van der Waals surface area contributed by atoms with Crippen LogP contribution in [0.2, 0.25) is 10.0 Å². The third-order valence-corrected chi connectivity index (χ3v) is 4.07. The smallest absolute Gasteiger partial charge is 0.279 e. The van der Waals surface area contributed by atoms with Crippen LogP contribution in [0.4, 0.5) is 0 Å². The summed E-state index contributed by atoms with van der Waals surface area (Å²) < 4.78 is 3.59. The molecular weight excluding hydrogens is 365 g/mol. The highest BCUT2D eigenvalue weighted by Gasteiger charge is 2.17. The van der Waals surface area contributed by atoms with E-state index >= 15 is 0 Å². The van der Waals surface area contributed by atoms with Gasteiger partial charge >= 0.3 is 5.69 Å². The summed E-state index contributed by atoms with van der Waals surface area (Å²) in [6.45, 7) is 0. The second-order valence-corrected chi connectivity index (χ2v) is 5.85. The van der Waals surface area contributed by atoms with Crippen LogP contribution in [0.5, 0.6) is 0 Å². The molecule has 0 saturated carbocycles. The Kier molecular flexibility index (Phi) is 3.36. The van der Waals surface area contributed by atoms with Gasteiger partial charge in [0, 0.05) is 7.05 Å². The zero-order chi connectivity index (χ0) is 14.4. The molecular formula is C13H8BrCl2N3O. The standard InChI is InChI=1S/C13H8BrCl2N3O/c1-18-12-9(5-6-10(14)17-12)19(13(18)20)11-7(15)3-2-4-8(11)16/h2-6H,1H3. The van der Waals surface area contributed by atoms with E-state index in [0.717, 1.165) is 0 Å². The Balaban J connectivity index is 2.49. The van der Waals surface area contributed by atoms with Crippen LogP contribution >= 0.6 is 39.1 Å². The van der Waals surface area contributed by atoms with Gasteiger partial charge in [-0.05, 0) is 40.2 Å². The van der Waals surface area contributed by atoms with E-state index in [9.17, 15) is 4.79 Å². The van der Waals surface area contributed by atoms with Crippen molar-refractivity contribution in [2.45, 2.75) is 0 Å². The summed E-state index contributed by atoms with van der Waals surface area (Å²) in [5, 5.41) is 0.824. The van der Waals surface area contributed by atoms with Crippen molar-refractivity contribution < 1.29 is 0 Å². The average Bonchev–Trinajstić information content (AvgIpc) is 2.64. The summed E-state index contributed by atoms with van der Waals surface area (Å²) >= 11 is 15.7. The minimum atomic E-state index is -0.249. The summed E-state index contributed by atoms with van der Waals surface area (Å²) in [5.74, 6) is 0. The number of benzene rings is 1. The molecule has 7 heteroatoms. The molecule has 0 amide bonds. The molecule has 0 radical (unpaired) electrons. The van der Waals surface area contributed by atoms with Crippen LogP contribution in [-0.4, -0.2) is 14.1 Å². The first kappa shape index (κ1) is 13.7. The van der Waals surface area contributed by atoms with Crippen molar-refractivity contribution in [1.82, 2.24) is 14.1 Å². The molecule has 3 rings (SSSR count). The first-order valence-electron chi connectivity index (χ1n) is 5.69. The Hall–Kier alpha value is -1.30. The molecule has 0 fully saturated rings. The Morgan fingerprint density at radius 1 is 1.15 bits per heavy atom. The fraction of sp³-hybridized carbons (Fsp3) is 0.0769. The van der Waals surface area contributed by atoms with E-state index in [4.69, 9.17) is 23.2 Å². The van der Waals surface area contributed by atoms with E-state index in [0.29, 0.717) is 31.5 Å². The fourth-order valence-electron chi connectivity index (χ4n) is 2.10. The molecule has 0 aliphatic carbocycles. The number of hydrogen-bond donors (Lipinski definition) is 0. The highest BCUT2D eigenvalue weighted by atomic mass is 79.9. The van der Waals surface area contributed by atoms with E-state index in [1.807, 2.05) is 0 Å². The van der Waals surface area contributed by atoms with Gasteiger partial charge in [-0.3, -0.25) is 9.13 Å². The van der Waals surface area contributed by atoms with Crippen molar-refractivity contribution in [2.75, 3.05) is 0 Å². The molecule has 102 valence electrons. The largest absolute Gasteiger partial charge is 0.334 e. The van der Waals surface area contributed by atoms with E-state index in [1.54, 1.807) is 37.4 Å². The second-order valence-electron chi connectivity index (χ2n) is 4.22. The first-order chi connectivity index (χ1) is 9.50. The Morgan fingerprint density at radius 2 is 1.80 bits per heavy atom. The second kappa shape index (κ2) is 4.91. The Morgan fingerprint density at radius 3 is 2.45 bits per heavy atom. The molecule has 0 atom stereocenters. The lowest BCUT2D eigenvalue weighted by Gasteiger charge is -2.07. The van der Waals surface area contributed by atoms with Crippen molar-refractivity contribution in [2.24, 2.45) is 7.05 Å². The van der Waals surface area contributed by atoms with Gasteiger partial charge in [-0.25, -0.2) is 9.78 Å². The van der Waals surface area contributed by atoms with Crippen LogP contribution in [0.25, 0.3) is 16.9 Å². The van der Waals surface area contributed by atoms with Gasteiger partial charge in [-0.1, -0.05) is 29.3 Å². The molecule has 3 aromatic rings. The van der Waals surface area contributed by atoms with Crippen LogP contribution in [0.3, 0.4) is 0 Å². The van der Waals surface area contributed by atoms with Gasteiger partial charge < -0.3 is 0 Å². The number of fused-ring (bicyclic) bond motifs is 1. The Labute approximate surface area is 132 Å². The summed E-state index contributed by atoms with van der Waals surface area (Å²) in [6, 6.07) is 8.69. The maximum absolute atomic E-state index is 12.5. The lowest BCUT2D eigenvalue weighted by Crippen LogP contribution is -2.21. The molecule has 20 heavy (non-hydrogen) atoms. The van der Waals surface area contributed by atoms with Gasteiger partial charge in [0.15, 0.2) is 5.65 Å². The highest BCUT2D eigenvalue weighted by Crippen LogP contribution is 2.29. The van der Waals surface area contributed by atoms with Crippen LogP contribution in [0.1, 0.15) is 0 Å². The maximum Gasteiger partial charge on any atom is 0.334 e. The molecule has 0 aliphatic heterocycles. The number of aryl methyl sites for hydroxylation is 1. The molecule has 1 aromatic carbocycles. The minimum Gasteiger partial charge on any atom is -0.279 e. The average molecular weight is 373 g/mol. The molecule has 0 bridgehead atoms. The maximum atomic E-state index is 12.5. The number of halogens is 3. The first-order valence-corrected chi connectivity index (χ1v) is 7.24. The van der Waals surface area contributed by atoms with Crippen LogP contribution in [-0.2, 0) is 7.05 Å². The van der Waals surface area contributed by atoms with Gasteiger partial charge in [0.2, 0.25) is 0 Å². The van der Waals surface area contributed by atoms with Crippen molar-refractivity contribution >= 4 is 50.3 Å². The van der Waals surface area contributed by atoms with Gasteiger partial charge in [0.25, 0.3) is 0 Å². The number of para-hydroxylation sites is 1. The molecule has 0 saturated heterocycles. The van der Waals surface area contributed by atoms with Gasteiger partial charge in [-0.2, -0.15) is 0 Å². The Bertz CT molecular complexity index is 865. The van der Waals surface area contributed by atoms with Crippen LogP contribution < -0.4 is 5.69 Å². The van der Waals surface area contributed by atoms with E-state index in [-0.39, 0.29) is 5.69 Å². The molecule has 0 spiro atoms. The number of aromatic nitrogens is 3. The molecule has 4 nitrogen and oxygen atoms in total. The highest BCUT2D eigenvalue weighted by molar-refractivity contribution is 9.10. The predicted molar refractivity (Wildman–Crippen MR) is 84.0 cm³/mol. The van der Waals surface area contributed by atoms with Gasteiger partial charge in [0.1, 0.15) is 4.60 Å². The number of imidazole rings is 1. The monoisotopic (exact) mass is 371 g/mol. The van der Waals surface area contributed by atoms with E-state index in [2.05, 4.69) is 20.9 Å². The van der Waals surface area contributed by atoms with E-state index < -0.39 is 0 Å². The summed E-state index contributed by atoms with van der Waals surface area (Å²) in [6.07, 6.45) is 0. The summed E-state index contributed by atoms with van der Waals surface area (Å²) in [5.41, 5.74) is 1.42. The van der Waals surface area contributed by atoms with Crippen molar-refractivity contribution in [3.8, 4) is 5.69 Å². The van der Waals surface area contributed by atoms with Crippen LogP contribution in [0, 0.1) is 0 Å². The molecule has 0 aliphatic rings. The minimum absolute atomic E-state index is 0.249. The zero-order valence-corrected chi connectivity index (χ0v) is 13.4. The third kappa shape index (κ3) is 1.97. The third-order valence-electron chi connectivity index (χ3n) is 3.02. The number of hydrogen-bond acceptors (Lipinski definition) is 2. The van der Waals surface area contributed by atoms with Crippen molar-refractivity contribution in [3.05, 3.63) is 55.5 Å². The van der Waals surface area contributed by atoms with Crippen molar-refractivity contribution in [3.63, 3.8) is 0 Å². The zero-order valence-electron chi connectivity index (χ0n) is 10.3. The van der Waals surface area contributed by atoms with Crippen LogP contribution in [0.15, 0.2) is 39.7 Å². The quantitative estimate of drug-likeness (QED) is 0.609. The molecule has 0 unspecified atom stereocenters. The number of rotatable bonds is 1. The SMILES string of the molecule is Cn1c(=O)n(-c2c(Cl)cccc2Cl)c2ccc(Br)nc21. The molecule has 0 N–H and O–H groups in total. The number of pyridine rings is 1. The summed E-state index contributed by atoms with van der Waals surface area (Å²) in [7, 11) is 1.66. The topological polar surface area (TPSA) is 39.8 Å². The lowest BCUT2D eigenvalue weighted by molar-refractivity contribution is 0.838. The number of nitrogens with zero attached hydrogens (tertiary/aromatic N) is 3. The predicted octanol–water partition coefficient (Wildman–Crippen LogP) is 3.79. The van der Waals surface area contributed by atoms with Gasteiger partial charge in [0.05, 0.1) is 21.2 Å². The van der Waals surface area contributed by atoms with Gasteiger partial charge in [-0.15, -0.1) is 0 Å². The lowest BCUT2D eigenvalue weighted by atomic mass is 10.3. The molecule has 2 heterocycles. The molecule has 2 aromatic heterocycles. The van der Waals surface area contributed by atoms with Crippen molar-refractivity contribution in [1.29, 1.82) is 0 Å². The summed E-state index contributed by atoms with van der Waals surface area (Å²) in [4.78, 5) is 16.8.